The predicted molar refractivity (Wildman–Crippen MR) is 122 cm³/mol. The predicted octanol–water partition coefficient (Wildman–Crippen LogP) is 4.27. The van der Waals surface area contributed by atoms with Crippen LogP contribution in [-0.2, 0) is 5.54 Å². The minimum absolute atomic E-state index is 0.0794. The second-order valence-electron chi connectivity index (χ2n) is 8.03. The Balaban J connectivity index is 1.69. The van der Waals surface area contributed by atoms with Gasteiger partial charge in [-0.25, -0.2) is 0 Å². The van der Waals surface area contributed by atoms with E-state index >= 15 is 0 Å². The van der Waals surface area contributed by atoms with E-state index in [4.69, 9.17) is 24.7 Å². The van der Waals surface area contributed by atoms with E-state index in [9.17, 15) is 0 Å². The molecule has 5 rings (SSSR count). The van der Waals surface area contributed by atoms with Crippen LogP contribution in [0, 0.1) is 0 Å². The summed E-state index contributed by atoms with van der Waals surface area (Å²) in [5, 5.41) is 9.74. The van der Waals surface area contributed by atoms with Gasteiger partial charge in [0.1, 0.15) is 17.8 Å². The molecule has 0 saturated heterocycles. The maximum atomic E-state index is 9.07. The number of aliphatic hydroxyl groups is 1. The topological polar surface area (TPSA) is 104 Å². The molecule has 7 heteroatoms. The average Bonchev–Trinajstić information content (AvgIpc) is 3.21. The van der Waals surface area contributed by atoms with Crippen molar-refractivity contribution < 1.29 is 19.0 Å². The van der Waals surface area contributed by atoms with Gasteiger partial charge >= 0.3 is 6.01 Å². The number of aliphatic hydroxyl groups excluding tert-OH is 1. The molecule has 0 aliphatic heterocycles. The molecule has 0 spiro atoms. The number of furan rings is 1. The lowest BCUT2D eigenvalue weighted by Crippen LogP contribution is -2.43. The number of benzene rings is 2. The van der Waals surface area contributed by atoms with E-state index in [1.807, 2.05) is 42.5 Å². The molecular formula is C25H25N3O4. The molecule has 1 aliphatic carbocycles. The molecule has 0 bridgehead atoms. The van der Waals surface area contributed by atoms with Crippen molar-refractivity contribution in [3.05, 3.63) is 60.2 Å². The highest BCUT2D eigenvalue weighted by Gasteiger charge is 2.34. The average molecular weight is 431 g/mol. The number of hydrogen-bond acceptors (Lipinski definition) is 7. The molecule has 2 aromatic heterocycles. The summed E-state index contributed by atoms with van der Waals surface area (Å²) in [4.78, 5) is 8.79. The third-order valence-corrected chi connectivity index (χ3v) is 6.04. The van der Waals surface area contributed by atoms with E-state index in [0.29, 0.717) is 22.7 Å². The quantitative estimate of drug-likeness (QED) is 0.450. The number of nitrogens with two attached hydrogens (primary N) is 1. The third kappa shape index (κ3) is 3.49. The van der Waals surface area contributed by atoms with Crippen LogP contribution in [-0.4, -0.2) is 35.4 Å². The van der Waals surface area contributed by atoms with E-state index < -0.39 is 0 Å². The summed E-state index contributed by atoms with van der Waals surface area (Å²) in [5.74, 6) is 1.02. The first kappa shape index (κ1) is 20.5. The van der Waals surface area contributed by atoms with E-state index in [0.717, 1.165) is 35.1 Å². The zero-order valence-electron chi connectivity index (χ0n) is 17.9. The first-order valence-electron chi connectivity index (χ1n) is 10.7. The summed E-state index contributed by atoms with van der Waals surface area (Å²) in [7, 11) is 1.55. The zero-order valence-corrected chi connectivity index (χ0v) is 17.9. The molecule has 1 aliphatic rings. The fraction of sp³-hybridized carbons (Fsp3) is 0.280. The standard InChI is InChI=1S/C25H25N3O4/c1-30-22-20-19(16-6-3-2-4-7-16)21(32-23(20)28-24(27-22)31-15-14-29)17-8-10-18(11-9-17)25(26)12-5-13-25/h2-4,6-11,29H,5,12-15,26H2,1H3. The van der Waals surface area contributed by atoms with Crippen molar-refractivity contribution in [1.82, 2.24) is 9.97 Å². The summed E-state index contributed by atoms with van der Waals surface area (Å²) in [6.45, 7) is -0.0621. The van der Waals surface area contributed by atoms with Crippen LogP contribution in [0.5, 0.6) is 11.9 Å². The molecular weight excluding hydrogens is 406 g/mol. The highest BCUT2D eigenvalue weighted by Crippen LogP contribution is 2.45. The molecule has 0 unspecified atom stereocenters. The van der Waals surface area contributed by atoms with E-state index in [1.54, 1.807) is 7.11 Å². The van der Waals surface area contributed by atoms with Gasteiger partial charge in [-0.05, 0) is 30.4 Å². The molecule has 0 amide bonds. The van der Waals surface area contributed by atoms with Gasteiger partial charge in [-0.2, -0.15) is 9.97 Å². The van der Waals surface area contributed by atoms with Gasteiger partial charge in [0.05, 0.1) is 13.7 Å². The van der Waals surface area contributed by atoms with Crippen LogP contribution in [0.15, 0.2) is 59.0 Å². The number of hydrogen-bond donors (Lipinski definition) is 2. The van der Waals surface area contributed by atoms with Crippen LogP contribution in [0.2, 0.25) is 0 Å². The summed E-state index contributed by atoms with van der Waals surface area (Å²) < 4.78 is 17.3. The van der Waals surface area contributed by atoms with Gasteiger partial charge in [-0.1, -0.05) is 54.6 Å². The summed E-state index contributed by atoms with van der Waals surface area (Å²) in [5.41, 5.74) is 10.5. The van der Waals surface area contributed by atoms with Gasteiger partial charge in [0.2, 0.25) is 11.6 Å². The Morgan fingerprint density at radius 1 is 1.03 bits per heavy atom. The van der Waals surface area contributed by atoms with Crippen LogP contribution in [0.3, 0.4) is 0 Å². The van der Waals surface area contributed by atoms with Crippen LogP contribution in [0.25, 0.3) is 33.6 Å². The molecule has 1 saturated carbocycles. The number of methoxy groups -OCH3 is 1. The number of aromatic nitrogens is 2. The Morgan fingerprint density at radius 3 is 2.41 bits per heavy atom. The van der Waals surface area contributed by atoms with Gasteiger partial charge in [-0.3, -0.25) is 0 Å². The summed E-state index contributed by atoms with van der Waals surface area (Å²) in [6.07, 6.45) is 3.18. The number of nitrogens with zero attached hydrogens (tertiary/aromatic N) is 2. The Bertz CT molecular complexity index is 1230. The third-order valence-electron chi connectivity index (χ3n) is 6.04. The van der Waals surface area contributed by atoms with Crippen LogP contribution in [0.1, 0.15) is 24.8 Å². The van der Waals surface area contributed by atoms with Crippen LogP contribution < -0.4 is 15.2 Å². The largest absolute Gasteiger partial charge is 0.480 e. The lowest BCUT2D eigenvalue weighted by atomic mass is 9.72. The first-order chi connectivity index (χ1) is 15.6. The molecule has 0 atom stereocenters. The molecule has 2 aromatic carbocycles. The van der Waals surface area contributed by atoms with Gasteiger partial charge in [0, 0.05) is 16.7 Å². The number of fused-ring (bicyclic) bond motifs is 1. The first-order valence-corrected chi connectivity index (χ1v) is 10.7. The van der Waals surface area contributed by atoms with E-state index in [2.05, 4.69) is 22.1 Å². The lowest BCUT2D eigenvalue weighted by molar-refractivity contribution is 0.190. The fourth-order valence-corrected chi connectivity index (χ4v) is 4.18. The number of rotatable bonds is 7. The van der Waals surface area contributed by atoms with E-state index in [-0.39, 0.29) is 24.8 Å². The minimum atomic E-state index is -0.220. The molecule has 0 radical (unpaired) electrons. The minimum Gasteiger partial charge on any atom is -0.480 e. The maximum Gasteiger partial charge on any atom is 0.323 e. The summed E-state index contributed by atoms with van der Waals surface area (Å²) in [6, 6.07) is 18.3. The van der Waals surface area contributed by atoms with E-state index in [1.165, 1.54) is 6.42 Å². The molecule has 32 heavy (non-hydrogen) atoms. The summed E-state index contributed by atoms with van der Waals surface area (Å²) >= 11 is 0. The normalized spacial score (nSPS) is 14.8. The Kier molecular flexibility index (Phi) is 5.28. The Morgan fingerprint density at radius 2 is 1.78 bits per heavy atom. The zero-order chi connectivity index (χ0) is 22.1. The van der Waals surface area contributed by atoms with Crippen molar-refractivity contribution in [3.8, 4) is 34.3 Å². The van der Waals surface area contributed by atoms with Crippen molar-refractivity contribution in [2.75, 3.05) is 20.3 Å². The SMILES string of the molecule is COc1nc(OCCO)nc2oc(-c3ccc(C4(N)CCC4)cc3)c(-c3ccccc3)c12. The molecule has 2 heterocycles. The highest BCUT2D eigenvalue weighted by atomic mass is 16.5. The molecule has 7 nitrogen and oxygen atoms in total. The van der Waals surface area contributed by atoms with Crippen molar-refractivity contribution in [1.29, 1.82) is 0 Å². The number of ether oxygens (including phenoxy) is 2. The Hall–Kier alpha value is -3.42. The second-order valence-corrected chi connectivity index (χ2v) is 8.03. The fourth-order valence-electron chi connectivity index (χ4n) is 4.18. The maximum absolute atomic E-state index is 9.07. The smallest absolute Gasteiger partial charge is 0.323 e. The molecule has 3 N–H and O–H groups in total. The van der Waals surface area contributed by atoms with Crippen molar-refractivity contribution in [2.24, 2.45) is 5.73 Å². The van der Waals surface area contributed by atoms with Gasteiger partial charge in [-0.15, -0.1) is 0 Å². The molecule has 4 aromatic rings. The molecule has 1 fully saturated rings. The van der Waals surface area contributed by atoms with Gasteiger partial charge in [0.15, 0.2) is 0 Å². The van der Waals surface area contributed by atoms with Gasteiger partial charge in [0.25, 0.3) is 0 Å². The highest BCUT2D eigenvalue weighted by molar-refractivity contribution is 6.03. The lowest BCUT2D eigenvalue weighted by Gasteiger charge is -2.38. The van der Waals surface area contributed by atoms with Crippen LogP contribution in [0.4, 0.5) is 0 Å². The molecule has 164 valence electrons. The second kappa shape index (κ2) is 8.26. The van der Waals surface area contributed by atoms with Crippen molar-refractivity contribution in [3.63, 3.8) is 0 Å². The van der Waals surface area contributed by atoms with Crippen LogP contribution >= 0.6 is 0 Å². The Labute approximate surface area is 185 Å². The van der Waals surface area contributed by atoms with Crippen molar-refractivity contribution in [2.45, 2.75) is 24.8 Å². The van der Waals surface area contributed by atoms with Crippen molar-refractivity contribution >= 4 is 11.1 Å². The monoisotopic (exact) mass is 431 g/mol. The van der Waals surface area contributed by atoms with Gasteiger partial charge < -0.3 is 24.7 Å².